The molecule has 2 aromatic heterocycles. The van der Waals surface area contributed by atoms with E-state index in [4.69, 9.17) is 16.0 Å². The van der Waals surface area contributed by atoms with Gasteiger partial charge >= 0.3 is 0 Å². The van der Waals surface area contributed by atoms with Crippen molar-refractivity contribution < 1.29 is 14.0 Å². The third-order valence-electron chi connectivity index (χ3n) is 3.71. The van der Waals surface area contributed by atoms with E-state index in [1.54, 1.807) is 37.5 Å². The molecule has 3 rings (SSSR count). The number of carbonyl (C=O) groups is 2. The van der Waals surface area contributed by atoms with E-state index < -0.39 is 11.8 Å². The van der Waals surface area contributed by atoms with Crippen LogP contribution in [-0.2, 0) is 13.6 Å². The van der Waals surface area contributed by atoms with Crippen molar-refractivity contribution >= 4 is 40.9 Å². The average molecular weight is 405 g/mol. The van der Waals surface area contributed by atoms with E-state index in [0.29, 0.717) is 22.0 Å². The molecule has 0 atom stereocenters. The first-order chi connectivity index (χ1) is 13.0. The van der Waals surface area contributed by atoms with Gasteiger partial charge in [-0.2, -0.15) is 5.10 Å². The minimum atomic E-state index is -0.425. The summed E-state index contributed by atoms with van der Waals surface area (Å²) in [6.45, 7) is 0.220. The summed E-state index contributed by atoms with van der Waals surface area (Å²) >= 11 is 7.65. The second-order valence-electron chi connectivity index (χ2n) is 5.63. The highest BCUT2D eigenvalue weighted by Crippen LogP contribution is 2.24. The number of thioether (sulfide) groups is 1. The van der Waals surface area contributed by atoms with Crippen LogP contribution in [0.15, 0.2) is 52.1 Å². The molecular formula is C18H17ClN4O3S. The van der Waals surface area contributed by atoms with E-state index in [2.05, 4.69) is 15.7 Å². The zero-order valence-corrected chi connectivity index (χ0v) is 16.2. The Morgan fingerprint density at radius 1 is 1.30 bits per heavy atom. The van der Waals surface area contributed by atoms with Gasteiger partial charge in [0.25, 0.3) is 11.8 Å². The predicted molar refractivity (Wildman–Crippen MR) is 104 cm³/mol. The van der Waals surface area contributed by atoms with Crippen molar-refractivity contribution in [3.05, 3.63) is 64.8 Å². The fraction of sp³-hybridized carbons (Fsp3) is 0.167. The maximum Gasteiger partial charge on any atom is 0.274 e. The molecule has 2 N–H and O–H groups in total. The van der Waals surface area contributed by atoms with Gasteiger partial charge in [0, 0.05) is 18.1 Å². The second-order valence-corrected chi connectivity index (χ2v) is 6.91. The summed E-state index contributed by atoms with van der Waals surface area (Å²) in [5, 5.41) is 9.89. The maximum absolute atomic E-state index is 12.6. The maximum atomic E-state index is 12.6. The minimum Gasteiger partial charge on any atom is -0.467 e. The molecule has 0 spiro atoms. The van der Waals surface area contributed by atoms with Gasteiger partial charge in [-0.15, -0.1) is 11.8 Å². The Hall–Kier alpha value is -2.71. The number of carbonyl (C=O) groups excluding carboxylic acids is 2. The number of furan rings is 1. The highest BCUT2D eigenvalue weighted by atomic mass is 35.5. The number of hydrogen-bond donors (Lipinski definition) is 2. The number of nitrogens with zero attached hydrogens (tertiary/aromatic N) is 2. The molecule has 0 saturated heterocycles. The smallest absolute Gasteiger partial charge is 0.274 e. The Kier molecular flexibility index (Phi) is 5.88. The molecule has 1 aromatic carbocycles. The average Bonchev–Trinajstić information content (AvgIpc) is 3.29. The molecule has 7 nitrogen and oxygen atoms in total. The van der Waals surface area contributed by atoms with Crippen molar-refractivity contribution in [1.82, 2.24) is 15.1 Å². The van der Waals surface area contributed by atoms with Crippen LogP contribution < -0.4 is 10.6 Å². The number of rotatable bonds is 6. The predicted octanol–water partition coefficient (Wildman–Crippen LogP) is 3.57. The van der Waals surface area contributed by atoms with Crippen LogP contribution in [0.4, 0.5) is 5.69 Å². The summed E-state index contributed by atoms with van der Waals surface area (Å²) in [5.74, 6) is -0.222. The fourth-order valence-electron chi connectivity index (χ4n) is 2.41. The van der Waals surface area contributed by atoms with Gasteiger partial charge in [-0.25, -0.2) is 0 Å². The van der Waals surface area contributed by atoms with E-state index in [-0.39, 0.29) is 12.2 Å². The summed E-state index contributed by atoms with van der Waals surface area (Å²) in [4.78, 5) is 26.0. The zero-order valence-electron chi connectivity index (χ0n) is 14.7. The third kappa shape index (κ3) is 4.53. The molecular weight excluding hydrogens is 388 g/mol. The Bertz CT molecular complexity index is 969. The number of hydrogen-bond acceptors (Lipinski definition) is 5. The number of nitrogens with one attached hydrogen (secondary N) is 2. The molecule has 0 aliphatic carbocycles. The molecule has 2 heterocycles. The van der Waals surface area contributed by atoms with Crippen LogP contribution in [0.2, 0.25) is 5.02 Å². The van der Waals surface area contributed by atoms with Crippen molar-refractivity contribution in [1.29, 1.82) is 0 Å². The first-order valence-corrected chi connectivity index (χ1v) is 9.57. The molecule has 0 unspecified atom stereocenters. The Balaban J connectivity index is 1.77. The summed E-state index contributed by atoms with van der Waals surface area (Å²) in [5.41, 5.74) is 0.730. The number of aromatic nitrogens is 2. The molecule has 9 heteroatoms. The SMILES string of the molecule is CSc1ccc(Cl)c(C(=O)Nc2cn(C)nc2C(=O)NCc2ccco2)c1. The molecule has 2 amide bonds. The lowest BCUT2D eigenvalue weighted by Gasteiger charge is -2.08. The fourth-order valence-corrected chi connectivity index (χ4v) is 3.05. The van der Waals surface area contributed by atoms with Crippen molar-refractivity contribution in [3.63, 3.8) is 0 Å². The largest absolute Gasteiger partial charge is 0.467 e. The van der Waals surface area contributed by atoms with Crippen LogP contribution >= 0.6 is 23.4 Å². The van der Waals surface area contributed by atoms with Gasteiger partial charge in [0.1, 0.15) is 5.76 Å². The minimum absolute atomic E-state index is 0.106. The highest BCUT2D eigenvalue weighted by Gasteiger charge is 2.20. The van der Waals surface area contributed by atoms with E-state index in [1.807, 2.05) is 12.3 Å². The van der Waals surface area contributed by atoms with E-state index >= 15 is 0 Å². The molecule has 27 heavy (non-hydrogen) atoms. The van der Waals surface area contributed by atoms with Crippen LogP contribution in [0.25, 0.3) is 0 Å². The molecule has 0 aliphatic heterocycles. The lowest BCUT2D eigenvalue weighted by molar-refractivity contribution is 0.0943. The van der Waals surface area contributed by atoms with Crippen LogP contribution in [0, 0.1) is 0 Å². The molecule has 3 aromatic rings. The standard InChI is InChI=1S/C18H17ClN4O3S/c1-23-10-15(16(22-23)18(25)20-9-11-4-3-7-26-11)21-17(24)13-8-12(27-2)5-6-14(13)19/h3-8,10H,9H2,1-2H3,(H,20,25)(H,21,24). The molecule has 0 fully saturated rings. The molecule has 0 saturated carbocycles. The summed E-state index contributed by atoms with van der Waals surface area (Å²) in [6.07, 6.45) is 5.00. The lowest BCUT2D eigenvalue weighted by atomic mass is 10.2. The van der Waals surface area contributed by atoms with Gasteiger partial charge in [-0.3, -0.25) is 14.3 Å². The zero-order chi connectivity index (χ0) is 19.4. The monoisotopic (exact) mass is 404 g/mol. The van der Waals surface area contributed by atoms with Gasteiger partial charge in [-0.1, -0.05) is 11.6 Å². The van der Waals surface area contributed by atoms with Gasteiger partial charge in [0.15, 0.2) is 5.69 Å². The number of anilines is 1. The molecule has 140 valence electrons. The number of aryl methyl sites for hydroxylation is 1. The first kappa shape index (κ1) is 19.1. The van der Waals surface area contributed by atoms with Gasteiger partial charge in [0.2, 0.25) is 0 Å². The first-order valence-electron chi connectivity index (χ1n) is 7.97. The lowest BCUT2D eigenvalue weighted by Crippen LogP contribution is -2.25. The van der Waals surface area contributed by atoms with Crippen molar-refractivity contribution in [2.24, 2.45) is 7.05 Å². The molecule has 0 bridgehead atoms. The van der Waals surface area contributed by atoms with E-state index in [9.17, 15) is 9.59 Å². The second kappa shape index (κ2) is 8.32. The summed E-state index contributed by atoms with van der Waals surface area (Å²) in [7, 11) is 1.67. The Morgan fingerprint density at radius 3 is 2.81 bits per heavy atom. The number of halogens is 1. The van der Waals surface area contributed by atoms with Crippen molar-refractivity contribution in [3.8, 4) is 0 Å². The third-order valence-corrected chi connectivity index (χ3v) is 4.77. The summed E-state index contributed by atoms with van der Waals surface area (Å²) < 4.78 is 6.64. The van der Waals surface area contributed by atoms with Crippen molar-refractivity contribution in [2.45, 2.75) is 11.4 Å². The van der Waals surface area contributed by atoms with Gasteiger partial charge in [0.05, 0.1) is 29.1 Å². The quantitative estimate of drug-likeness (QED) is 0.613. The Morgan fingerprint density at radius 2 is 2.11 bits per heavy atom. The molecule has 0 radical (unpaired) electrons. The van der Waals surface area contributed by atoms with Gasteiger partial charge in [-0.05, 0) is 36.6 Å². The van der Waals surface area contributed by atoms with Crippen LogP contribution in [-0.4, -0.2) is 27.9 Å². The summed E-state index contributed by atoms with van der Waals surface area (Å²) in [6, 6.07) is 8.70. The van der Waals surface area contributed by atoms with Gasteiger partial charge < -0.3 is 15.1 Å². The van der Waals surface area contributed by atoms with Crippen LogP contribution in [0.3, 0.4) is 0 Å². The molecule has 0 aliphatic rings. The number of amides is 2. The highest BCUT2D eigenvalue weighted by molar-refractivity contribution is 7.98. The van der Waals surface area contributed by atoms with E-state index in [0.717, 1.165) is 4.90 Å². The topological polar surface area (TPSA) is 89.2 Å². The normalized spacial score (nSPS) is 10.6. The Labute approximate surface area is 165 Å². The van der Waals surface area contributed by atoms with Crippen LogP contribution in [0.5, 0.6) is 0 Å². The number of benzene rings is 1. The van der Waals surface area contributed by atoms with E-state index in [1.165, 1.54) is 22.7 Å². The van der Waals surface area contributed by atoms with Crippen LogP contribution in [0.1, 0.15) is 26.6 Å². The van der Waals surface area contributed by atoms with Crippen molar-refractivity contribution in [2.75, 3.05) is 11.6 Å².